The molecule has 2 aliphatic heterocycles. The van der Waals surface area contributed by atoms with Crippen LogP contribution in [0.4, 0.5) is 5.82 Å². The average molecular weight is 312 g/mol. The van der Waals surface area contributed by atoms with E-state index in [0.717, 1.165) is 37.7 Å². The molecule has 1 saturated carbocycles. The van der Waals surface area contributed by atoms with Crippen molar-refractivity contribution in [1.29, 1.82) is 5.26 Å². The SMILES string of the molecule is N#Cc1cccc(N[C@@H]2CO[C@@]3(CCCN(CC4CC4)C3)C2)n1. The quantitative estimate of drug-likeness (QED) is 0.925. The van der Waals surface area contributed by atoms with E-state index in [1.807, 2.05) is 12.1 Å². The van der Waals surface area contributed by atoms with Gasteiger partial charge in [-0.1, -0.05) is 6.07 Å². The highest BCUT2D eigenvalue weighted by molar-refractivity contribution is 5.39. The fraction of sp³-hybridized carbons (Fsp3) is 0.667. The molecule has 5 heteroatoms. The van der Waals surface area contributed by atoms with Crippen molar-refractivity contribution < 1.29 is 4.74 Å². The lowest BCUT2D eigenvalue weighted by Crippen LogP contribution is -2.48. The highest BCUT2D eigenvalue weighted by Gasteiger charge is 2.44. The van der Waals surface area contributed by atoms with Gasteiger partial charge in [-0.05, 0) is 50.3 Å². The number of nitrogens with zero attached hydrogens (tertiary/aromatic N) is 3. The normalized spacial score (nSPS) is 31.2. The molecule has 23 heavy (non-hydrogen) atoms. The Kier molecular flexibility index (Phi) is 3.96. The number of likely N-dealkylation sites (tertiary alicyclic amines) is 1. The summed E-state index contributed by atoms with van der Waals surface area (Å²) in [4.78, 5) is 6.92. The van der Waals surface area contributed by atoms with E-state index in [4.69, 9.17) is 10.00 Å². The highest BCUT2D eigenvalue weighted by Crippen LogP contribution is 2.37. The molecule has 3 aliphatic rings. The fourth-order valence-corrected chi connectivity index (χ4v) is 4.02. The molecule has 5 nitrogen and oxygen atoms in total. The molecule has 1 aliphatic carbocycles. The molecule has 1 aromatic heterocycles. The van der Waals surface area contributed by atoms with Gasteiger partial charge in [-0.3, -0.25) is 0 Å². The van der Waals surface area contributed by atoms with E-state index in [0.29, 0.717) is 5.69 Å². The van der Waals surface area contributed by atoms with Crippen LogP contribution < -0.4 is 5.32 Å². The lowest BCUT2D eigenvalue weighted by atomic mass is 9.88. The molecule has 3 heterocycles. The molecular weight excluding hydrogens is 288 g/mol. The minimum absolute atomic E-state index is 0.0254. The molecule has 122 valence electrons. The predicted octanol–water partition coefficient (Wildman–Crippen LogP) is 2.40. The second kappa shape index (κ2) is 6.10. The molecule has 1 N–H and O–H groups in total. The van der Waals surface area contributed by atoms with Gasteiger partial charge in [-0.15, -0.1) is 0 Å². The van der Waals surface area contributed by atoms with E-state index in [2.05, 4.69) is 21.3 Å². The van der Waals surface area contributed by atoms with Gasteiger partial charge in [0, 0.05) is 19.5 Å². The Bertz CT molecular complexity index is 609. The third-order valence-electron chi connectivity index (χ3n) is 5.26. The van der Waals surface area contributed by atoms with Crippen LogP contribution in [0, 0.1) is 17.2 Å². The molecule has 4 rings (SSSR count). The number of hydrogen-bond donors (Lipinski definition) is 1. The number of rotatable bonds is 4. The fourth-order valence-electron chi connectivity index (χ4n) is 4.02. The Balaban J connectivity index is 1.37. The Morgan fingerprint density at radius 2 is 2.35 bits per heavy atom. The summed E-state index contributed by atoms with van der Waals surface area (Å²) in [5.74, 6) is 1.72. The van der Waals surface area contributed by atoms with Gasteiger partial charge >= 0.3 is 0 Å². The van der Waals surface area contributed by atoms with E-state index >= 15 is 0 Å². The molecule has 0 aromatic carbocycles. The summed E-state index contributed by atoms with van der Waals surface area (Å²) in [5.41, 5.74) is 0.481. The van der Waals surface area contributed by atoms with Crippen LogP contribution in [0.15, 0.2) is 18.2 Å². The zero-order valence-corrected chi connectivity index (χ0v) is 13.5. The third kappa shape index (κ3) is 3.49. The first-order valence-electron chi connectivity index (χ1n) is 8.75. The maximum Gasteiger partial charge on any atom is 0.142 e. The van der Waals surface area contributed by atoms with Crippen molar-refractivity contribution in [3.63, 3.8) is 0 Å². The van der Waals surface area contributed by atoms with Gasteiger partial charge in [-0.2, -0.15) is 5.26 Å². The first kappa shape index (κ1) is 14.9. The minimum atomic E-state index is 0.0254. The summed E-state index contributed by atoms with van der Waals surface area (Å²) < 4.78 is 6.26. The average Bonchev–Trinajstić information content (AvgIpc) is 3.30. The number of nitrogens with one attached hydrogen (secondary N) is 1. The van der Waals surface area contributed by atoms with E-state index < -0.39 is 0 Å². The van der Waals surface area contributed by atoms with E-state index in [9.17, 15) is 0 Å². The van der Waals surface area contributed by atoms with Gasteiger partial charge in [0.1, 0.15) is 17.6 Å². The van der Waals surface area contributed by atoms with Crippen LogP contribution in [-0.2, 0) is 4.74 Å². The first-order chi connectivity index (χ1) is 11.2. The van der Waals surface area contributed by atoms with Gasteiger partial charge in [-0.25, -0.2) is 4.98 Å². The monoisotopic (exact) mass is 312 g/mol. The minimum Gasteiger partial charge on any atom is -0.371 e. The number of pyridine rings is 1. The molecule has 2 saturated heterocycles. The third-order valence-corrected chi connectivity index (χ3v) is 5.26. The van der Waals surface area contributed by atoms with Crippen LogP contribution in [0.2, 0.25) is 0 Å². The summed E-state index contributed by atoms with van der Waals surface area (Å²) >= 11 is 0. The summed E-state index contributed by atoms with van der Waals surface area (Å²) in [7, 11) is 0. The van der Waals surface area contributed by atoms with Gasteiger partial charge < -0.3 is 15.0 Å². The molecule has 0 amide bonds. The zero-order chi connectivity index (χ0) is 15.7. The van der Waals surface area contributed by atoms with Crippen LogP contribution in [0.25, 0.3) is 0 Å². The lowest BCUT2D eigenvalue weighted by molar-refractivity contribution is -0.0521. The van der Waals surface area contributed by atoms with Crippen molar-refractivity contribution in [2.75, 3.05) is 31.6 Å². The topological polar surface area (TPSA) is 61.2 Å². The highest BCUT2D eigenvalue weighted by atomic mass is 16.5. The van der Waals surface area contributed by atoms with Gasteiger partial charge in [0.05, 0.1) is 18.2 Å². The van der Waals surface area contributed by atoms with Crippen LogP contribution in [-0.4, -0.2) is 47.8 Å². The first-order valence-corrected chi connectivity index (χ1v) is 8.75. The summed E-state index contributed by atoms with van der Waals surface area (Å²) in [5, 5.41) is 12.4. The van der Waals surface area contributed by atoms with Crippen LogP contribution in [0.5, 0.6) is 0 Å². The summed E-state index contributed by atoms with van der Waals surface area (Å²) in [6.45, 7) is 4.30. The number of hydrogen-bond acceptors (Lipinski definition) is 5. The molecule has 1 aromatic rings. The Morgan fingerprint density at radius 3 is 3.17 bits per heavy atom. The number of nitriles is 1. The van der Waals surface area contributed by atoms with Gasteiger partial charge in [0.15, 0.2) is 0 Å². The number of anilines is 1. The van der Waals surface area contributed by atoms with E-state index in [1.54, 1.807) is 6.07 Å². The second-order valence-electron chi connectivity index (χ2n) is 7.34. The molecule has 2 atom stereocenters. The standard InChI is InChI=1S/C18H24N4O/c19-10-15-3-1-4-17(20-15)21-16-9-18(23-12-16)7-2-8-22(13-18)11-14-5-6-14/h1,3-4,14,16H,2,5-9,11-13H2,(H,20,21)/t16-,18-/m0/s1. The van der Waals surface area contributed by atoms with Crippen molar-refractivity contribution >= 4 is 5.82 Å². The van der Waals surface area contributed by atoms with Crippen LogP contribution in [0.3, 0.4) is 0 Å². The summed E-state index contributed by atoms with van der Waals surface area (Å²) in [6, 6.07) is 7.91. The van der Waals surface area contributed by atoms with Gasteiger partial charge in [0.2, 0.25) is 0 Å². The molecule has 1 spiro atoms. The van der Waals surface area contributed by atoms with E-state index in [1.165, 1.54) is 32.4 Å². The van der Waals surface area contributed by atoms with Crippen molar-refractivity contribution in [3.05, 3.63) is 23.9 Å². The molecule has 0 bridgehead atoms. The Hall–Kier alpha value is -1.64. The van der Waals surface area contributed by atoms with Crippen LogP contribution >= 0.6 is 0 Å². The number of aromatic nitrogens is 1. The summed E-state index contributed by atoms with van der Waals surface area (Å²) in [6.07, 6.45) is 6.26. The maximum absolute atomic E-state index is 8.96. The number of piperidine rings is 1. The second-order valence-corrected chi connectivity index (χ2v) is 7.34. The molecule has 0 radical (unpaired) electrons. The Labute approximate surface area is 137 Å². The van der Waals surface area contributed by atoms with E-state index in [-0.39, 0.29) is 11.6 Å². The number of ether oxygens (including phenoxy) is 1. The molecule has 3 fully saturated rings. The van der Waals surface area contributed by atoms with Crippen molar-refractivity contribution in [2.45, 2.75) is 43.7 Å². The smallest absolute Gasteiger partial charge is 0.142 e. The Morgan fingerprint density at radius 1 is 1.43 bits per heavy atom. The predicted molar refractivity (Wildman–Crippen MR) is 88.1 cm³/mol. The lowest BCUT2D eigenvalue weighted by Gasteiger charge is -2.39. The largest absolute Gasteiger partial charge is 0.371 e. The molecule has 0 unspecified atom stereocenters. The van der Waals surface area contributed by atoms with Crippen molar-refractivity contribution in [3.8, 4) is 6.07 Å². The van der Waals surface area contributed by atoms with Crippen molar-refractivity contribution in [1.82, 2.24) is 9.88 Å². The van der Waals surface area contributed by atoms with Gasteiger partial charge in [0.25, 0.3) is 0 Å². The van der Waals surface area contributed by atoms with Crippen molar-refractivity contribution in [2.24, 2.45) is 5.92 Å². The maximum atomic E-state index is 8.96. The molecular formula is C18H24N4O. The zero-order valence-electron chi connectivity index (χ0n) is 13.5. The van der Waals surface area contributed by atoms with Crippen LogP contribution in [0.1, 0.15) is 37.8 Å².